The highest BCUT2D eigenvalue weighted by atomic mass is 19.3. The van der Waals surface area contributed by atoms with Crippen molar-refractivity contribution in [3.05, 3.63) is 29.8 Å². The van der Waals surface area contributed by atoms with E-state index in [0.717, 1.165) is 0 Å². The predicted molar refractivity (Wildman–Crippen MR) is 48.7 cm³/mol. The van der Waals surface area contributed by atoms with E-state index in [9.17, 15) is 13.9 Å². The van der Waals surface area contributed by atoms with E-state index in [4.69, 9.17) is 11.1 Å². The molecular weight excluding hydrogens is 190 g/mol. The Labute approximate surface area is 79.7 Å². The fourth-order valence-electron chi connectivity index (χ4n) is 0.995. The molecular formula is C9H10F2N2O. The lowest BCUT2D eigenvalue weighted by atomic mass is 10.1. The lowest BCUT2D eigenvalue weighted by molar-refractivity contribution is 0.0754. The van der Waals surface area contributed by atoms with Crippen LogP contribution in [0.15, 0.2) is 24.3 Å². The van der Waals surface area contributed by atoms with E-state index in [1.54, 1.807) is 0 Å². The molecule has 0 aliphatic rings. The van der Waals surface area contributed by atoms with Crippen LogP contribution < -0.4 is 5.73 Å². The highest BCUT2D eigenvalue weighted by molar-refractivity contribution is 5.84. The average molecular weight is 200 g/mol. The second kappa shape index (κ2) is 3.61. The molecule has 0 aliphatic heterocycles. The average Bonchev–Trinajstić information content (AvgIpc) is 2.08. The molecule has 76 valence electrons. The van der Waals surface area contributed by atoms with Gasteiger partial charge in [0.15, 0.2) is 5.84 Å². The molecule has 0 fully saturated rings. The third kappa shape index (κ3) is 2.18. The Morgan fingerprint density at radius 3 is 2.50 bits per heavy atom. The van der Waals surface area contributed by atoms with Crippen molar-refractivity contribution in [2.24, 2.45) is 5.73 Å². The van der Waals surface area contributed by atoms with E-state index < -0.39 is 18.2 Å². The summed E-state index contributed by atoms with van der Waals surface area (Å²) in [6, 6.07) is 5.74. The molecule has 1 aromatic carbocycles. The van der Waals surface area contributed by atoms with Crippen LogP contribution in [-0.2, 0) is 6.42 Å². The fraction of sp³-hybridized carbons (Fsp3) is 0.222. The van der Waals surface area contributed by atoms with E-state index in [0.29, 0.717) is 0 Å². The Hall–Kier alpha value is -1.65. The van der Waals surface area contributed by atoms with Gasteiger partial charge in [0.05, 0.1) is 0 Å². The summed E-state index contributed by atoms with van der Waals surface area (Å²) in [6.45, 7) is 0. The number of rotatable bonds is 3. The highest BCUT2D eigenvalue weighted by Crippen LogP contribution is 2.25. The van der Waals surface area contributed by atoms with Gasteiger partial charge in [-0.1, -0.05) is 18.2 Å². The van der Waals surface area contributed by atoms with Crippen molar-refractivity contribution in [2.45, 2.75) is 12.3 Å². The van der Waals surface area contributed by atoms with Crippen LogP contribution in [0.1, 0.15) is 5.56 Å². The minimum absolute atomic E-state index is 0.0766. The first-order valence-corrected chi connectivity index (χ1v) is 3.92. The van der Waals surface area contributed by atoms with E-state index in [1.807, 2.05) is 0 Å². The second-order valence-electron chi connectivity index (χ2n) is 2.92. The zero-order chi connectivity index (χ0) is 10.8. The number of alkyl halides is 2. The molecule has 3 nitrogen and oxygen atoms in total. The molecule has 0 unspecified atom stereocenters. The van der Waals surface area contributed by atoms with Gasteiger partial charge in [-0.05, 0) is 6.07 Å². The molecule has 14 heavy (non-hydrogen) atoms. The van der Waals surface area contributed by atoms with Gasteiger partial charge in [0.1, 0.15) is 5.75 Å². The monoisotopic (exact) mass is 200 g/mol. The van der Waals surface area contributed by atoms with Crippen molar-refractivity contribution in [1.82, 2.24) is 0 Å². The third-order valence-electron chi connectivity index (χ3n) is 1.80. The molecule has 0 amide bonds. The van der Waals surface area contributed by atoms with Gasteiger partial charge in [-0.3, -0.25) is 5.41 Å². The molecule has 5 heteroatoms. The molecule has 1 rings (SSSR count). The number of hydrogen-bond donors (Lipinski definition) is 3. The predicted octanol–water partition coefficient (Wildman–Crippen LogP) is 1.51. The van der Waals surface area contributed by atoms with E-state index in [2.05, 4.69) is 0 Å². The van der Waals surface area contributed by atoms with Crippen LogP contribution in [0.2, 0.25) is 0 Å². The lowest BCUT2D eigenvalue weighted by Gasteiger charge is -2.14. The van der Waals surface area contributed by atoms with Crippen molar-refractivity contribution in [2.75, 3.05) is 0 Å². The number of aromatic hydroxyl groups is 1. The lowest BCUT2D eigenvalue weighted by Crippen LogP contribution is -2.36. The molecule has 0 bridgehead atoms. The van der Waals surface area contributed by atoms with Gasteiger partial charge >= 0.3 is 5.92 Å². The summed E-state index contributed by atoms with van der Waals surface area (Å²) in [6.07, 6.45) is -0.755. The molecule has 0 aliphatic carbocycles. The molecule has 0 aromatic heterocycles. The number of hydrogen-bond acceptors (Lipinski definition) is 2. The first-order chi connectivity index (χ1) is 6.43. The number of benzene rings is 1. The van der Waals surface area contributed by atoms with Gasteiger partial charge in [-0.25, -0.2) is 0 Å². The molecule has 0 heterocycles. The van der Waals surface area contributed by atoms with Crippen LogP contribution in [0.5, 0.6) is 5.75 Å². The number of phenolic OH excluding ortho intramolecular Hbond substituents is 1. The highest BCUT2D eigenvalue weighted by Gasteiger charge is 2.34. The van der Waals surface area contributed by atoms with E-state index in [1.165, 1.54) is 24.3 Å². The second-order valence-corrected chi connectivity index (χ2v) is 2.92. The van der Waals surface area contributed by atoms with Gasteiger partial charge in [-0.15, -0.1) is 0 Å². The summed E-state index contributed by atoms with van der Waals surface area (Å²) in [5.41, 5.74) is 4.80. The summed E-state index contributed by atoms with van der Waals surface area (Å²) >= 11 is 0. The molecule has 1 aromatic rings. The maximum atomic E-state index is 13.0. The van der Waals surface area contributed by atoms with Crippen molar-refractivity contribution in [3.63, 3.8) is 0 Å². The Morgan fingerprint density at radius 2 is 2.00 bits per heavy atom. The van der Waals surface area contributed by atoms with Gasteiger partial charge in [-0.2, -0.15) is 8.78 Å². The summed E-state index contributed by atoms with van der Waals surface area (Å²) in [5, 5.41) is 15.9. The Balaban J connectivity index is 2.89. The number of para-hydroxylation sites is 1. The van der Waals surface area contributed by atoms with Crippen molar-refractivity contribution < 1.29 is 13.9 Å². The number of halogens is 2. The van der Waals surface area contributed by atoms with E-state index >= 15 is 0 Å². The largest absolute Gasteiger partial charge is 0.508 e. The summed E-state index contributed by atoms with van der Waals surface area (Å²) < 4.78 is 25.9. The fourth-order valence-corrected chi connectivity index (χ4v) is 0.995. The normalized spacial score (nSPS) is 11.3. The Bertz CT molecular complexity index is 352. The molecule has 0 atom stereocenters. The number of nitrogens with two attached hydrogens (primary N) is 1. The van der Waals surface area contributed by atoms with Gasteiger partial charge < -0.3 is 10.8 Å². The zero-order valence-electron chi connectivity index (χ0n) is 7.30. The van der Waals surface area contributed by atoms with Crippen molar-refractivity contribution in [1.29, 1.82) is 5.41 Å². The van der Waals surface area contributed by atoms with Crippen molar-refractivity contribution in [3.8, 4) is 5.75 Å². The Kier molecular flexibility index (Phi) is 2.69. The standard InChI is InChI=1S/C9H10F2N2O/c10-9(11,8(12)13)5-6-3-1-2-4-7(6)14/h1-4,14H,5H2,(H3,12,13). The van der Waals surface area contributed by atoms with Gasteiger partial charge in [0, 0.05) is 12.0 Å². The molecule has 0 saturated carbocycles. The minimum atomic E-state index is -3.40. The molecule has 0 spiro atoms. The van der Waals surface area contributed by atoms with Crippen LogP contribution in [0, 0.1) is 5.41 Å². The van der Waals surface area contributed by atoms with Crippen LogP contribution in [0.3, 0.4) is 0 Å². The number of amidine groups is 1. The first kappa shape index (κ1) is 10.4. The van der Waals surface area contributed by atoms with Gasteiger partial charge in [0.25, 0.3) is 0 Å². The van der Waals surface area contributed by atoms with Crippen molar-refractivity contribution >= 4 is 5.84 Å². The summed E-state index contributed by atoms with van der Waals surface area (Å²) in [5.74, 6) is -4.81. The number of nitrogens with one attached hydrogen (secondary N) is 1. The van der Waals surface area contributed by atoms with Crippen LogP contribution in [0.25, 0.3) is 0 Å². The van der Waals surface area contributed by atoms with Crippen LogP contribution in [0.4, 0.5) is 8.78 Å². The topological polar surface area (TPSA) is 70.1 Å². The maximum absolute atomic E-state index is 13.0. The summed E-state index contributed by atoms with van der Waals surface area (Å²) in [4.78, 5) is 0. The van der Waals surface area contributed by atoms with Crippen LogP contribution >= 0.6 is 0 Å². The molecule has 0 radical (unpaired) electrons. The first-order valence-electron chi connectivity index (χ1n) is 3.92. The SMILES string of the molecule is N=C(N)C(F)(F)Cc1ccccc1O. The molecule has 0 saturated heterocycles. The maximum Gasteiger partial charge on any atom is 0.307 e. The quantitative estimate of drug-likeness (QED) is 0.511. The van der Waals surface area contributed by atoms with E-state index in [-0.39, 0.29) is 11.3 Å². The zero-order valence-corrected chi connectivity index (χ0v) is 7.30. The van der Waals surface area contributed by atoms with Crippen LogP contribution in [-0.4, -0.2) is 16.9 Å². The smallest absolute Gasteiger partial charge is 0.307 e. The summed E-state index contributed by atoms with van der Waals surface area (Å²) in [7, 11) is 0. The number of phenols is 1. The Morgan fingerprint density at radius 1 is 1.43 bits per heavy atom. The third-order valence-corrected chi connectivity index (χ3v) is 1.80. The minimum Gasteiger partial charge on any atom is -0.508 e. The van der Waals surface area contributed by atoms with Gasteiger partial charge in [0.2, 0.25) is 0 Å². The molecule has 4 N–H and O–H groups in total.